The first-order valence-electron chi connectivity index (χ1n) is 16.1. The molecule has 0 radical (unpaired) electrons. The summed E-state index contributed by atoms with van der Waals surface area (Å²) in [5.74, 6) is -1.09. The monoisotopic (exact) mass is 665 g/mol. The summed E-state index contributed by atoms with van der Waals surface area (Å²) in [5.41, 5.74) is -2.27. The first kappa shape index (κ1) is 34.5. The van der Waals surface area contributed by atoms with Crippen molar-refractivity contribution in [2.24, 2.45) is 28.6 Å². The molecule has 0 heterocycles. The van der Waals surface area contributed by atoms with Crippen LogP contribution in [0.25, 0.3) is 0 Å². The molecule has 4 aliphatic carbocycles. The molecule has 0 amide bonds. The average Bonchev–Trinajstić information content (AvgIpc) is 3.34. The van der Waals surface area contributed by atoms with Gasteiger partial charge in [0.2, 0.25) is 0 Å². The van der Waals surface area contributed by atoms with E-state index in [0.717, 1.165) is 30.5 Å². The predicted molar refractivity (Wildman–Crippen MR) is 174 cm³/mol. The summed E-state index contributed by atoms with van der Waals surface area (Å²) in [6, 6.07) is 7.46. The Bertz CT molecular complexity index is 1390. The topological polar surface area (TPSA) is 113 Å². The van der Waals surface area contributed by atoms with Crippen LogP contribution in [0.1, 0.15) is 70.8 Å². The van der Waals surface area contributed by atoms with E-state index in [4.69, 9.17) is 4.52 Å². The molecule has 0 aliphatic heterocycles. The van der Waals surface area contributed by atoms with Gasteiger partial charge in [0, 0.05) is 41.9 Å². The van der Waals surface area contributed by atoms with Gasteiger partial charge in [-0.05, 0) is 92.2 Å². The standard InChI is InChI=1S/C34H46F2NO6PS/c1-32-20-30(39)34(36)27(19-29(35)28-18-24(38)14-15-33(28,34)2)25(32)12-13-26(32)31(40)45-17-7-5-4-6-16-44(41,42)43-21-22-8-10-23(37-3)11-9-22/h8-11,14-15,18,25-27,29-30,37,39H,4-7,12-13,16-17,19-21H2,1-3H3,(H,41,42)/t25?,26-,27+,29+,30+,32+,33+,34+/m1/s1. The number of hydrogen-bond acceptors (Lipinski definition) is 7. The Morgan fingerprint density at radius 3 is 2.56 bits per heavy atom. The Kier molecular flexibility index (Phi) is 10.2. The second-order valence-corrected chi connectivity index (χ2v) is 16.8. The number of allylic oxidation sites excluding steroid dienone is 4. The van der Waals surface area contributed by atoms with Gasteiger partial charge >= 0.3 is 7.60 Å². The van der Waals surface area contributed by atoms with Crippen LogP contribution >= 0.6 is 19.4 Å². The molecule has 11 heteroatoms. The molecule has 5 rings (SSSR count). The molecule has 2 unspecified atom stereocenters. The number of alkyl halides is 2. The highest BCUT2D eigenvalue weighted by Crippen LogP contribution is 2.69. The van der Waals surface area contributed by atoms with Crippen LogP contribution in [0.4, 0.5) is 14.5 Å². The number of carbonyl (C=O) groups is 2. The number of rotatable bonds is 12. The van der Waals surface area contributed by atoms with Crippen molar-refractivity contribution in [2.75, 3.05) is 24.3 Å². The maximum absolute atomic E-state index is 17.2. The van der Waals surface area contributed by atoms with Crippen molar-refractivity contribution in [3.05, 3.63) is 53.6 Å². The highest BCUT2D eigenvalue weighted by molar-refractivity contribution is 8.13. The number of carbonyl (C=O) groups excluding carboxylic acids is 2. The van der Waals surface area contributed by atoms with E-state index in [-0.39, 0.29) is 53.9 Å². The number of benzene rings is 1. The van der Waals surface area contributed by atoms with Crippen LogP contribution in [0.3, 0.4) is 0 Å². The SMILES string of the molecule is CNc1ccc(COP(=O)(O)CCCCCCSC(=O)[C@H]2CCC3[C@@H]4C[C@H](F)C5=CC(=O)C=C[C@]5(C)[C@@]4(F)[C@@H](O)C[C@@]32C)cc1. The van der Waals surface area contributed by atoms with Gasteiger partial charge in [-0.1, -0.05) is 49.7 Å². The van der Waals surface area contributed by atoms with Crippen molar-refractivity contribution >= 4 is 35.9 Å². The van der Waals surface area contributed by atoms with Crippen LogP contribution in [0.15, 0.2) is 48.1 Å². The van der Waals surface area contributed by atoms with Crippen molar-refractivity contribution in [3.63, 3.8) is 0 Å². The molecule has 0 bridgehead atoms. The fraction of sp³-hybridized carbons (Fsp3) is 0.647. The Hall–Kier alpha value is -1.84. The molecule has 0 aromatic heterocycles. The summed E-state index contributed by atoms with van der Waals surface area (Å²) in [5, 5.41) is 14.4. The lowest BCUT2D eigenvalue weighted by atomic mass is 9.45. The van der Waals surface area contributed by atoms with Crippen molar-refractivity contribution in [3.8, 4) is 0 Å². The van der Waals surface area contributed by atoms with Gasteiger partial charge in [0.25, 0.3) is 0 Å². The number of anilines is 1. The zero-order chi connectivity index (χ0) is 32.6. The smallest absolute Gasteiger partial charge is 0.328 e. The molecular formula is C34H46F2NO6PS. The predicted octanol–water partition coefficient (Wildman–Crippen LogP) is 7.19. The molecule has 3 saturated carbocycles. The Balaban J connectivity index is 1.08. The van der Waals surface area contributed by atoms with E-state index in [0.29, 0.717) is 25.0 Å². The largest absolute Gasteiger partial charge is 0.390 e. The number of aliphatic hydroxyl groups excluding tert-OH is 1. The summed E-state index contributed by atoms with van der Waals surface area (Å²) >= 11 is 1.27. The highest BCUT2D eigenvalue weighted by Gasteiger charge is 2.72. The van der Waals surface area contributed by atoms with Gasteiger partial charge in [0.1, 0.15) is 6.17 Å². The van der Waals surface area contributed by atoms with E-state index in [1.807, 2.05) is 38.2 Å². The number of aliphatic hydroxyl groups is 1. The summed E-state index contributed by atoms with van der Waals surface area (Å²) in [6.07, 6.45) is 5.23. The average molecular weight is 666 g/mol. The van der Waals surface area contributed by atoms with E-state index in [1.54, 1.807) is 6.92 Å². The fourth-order valence-electron chi connectivity index (χ4n) is 8.64. The molecule has 9 atom stereocenters. The number of fused-ring (bicyclic) bond motifs is 5. The maximum atomic E-state index is 17.2. The molecule has 1 aromatic carbocycles. The summed E-state index contributed by atoms with van der Waals surface area (Å²) in [7, 11) is -1.87. The molecule has 3 fully saturated rings. The van der Waals surface area contributed by atoms with Gasteiger partial charge in [-0.15, -0.1) is 0 Å². The van der Waals surface area contributed by atoms with Gasteiger partial charge in [-0.25, -0.2) is 8.78 Å². The highest BCUT2D eigenvalue weighted by atomic mass is 32.2. The lowest BCUT2D eigenvalue weighted by molar-refractivity contribution is -0.201. The molecule has 0 spiro atoms. The number of halogens is 2. The van der Waals surface area contributed by atoms with Crippen LogP contribution in [0.2, 0.25) is 0 Å². The van der Waals surface area contributed by atoms with Crippen molar-refractivity contribution < 1.29 is 37.5 Å². The van der Waals surface area contributed by atoms with Gasteiger partial charge in [-0.3, -0.25) is 14.2 Å². The van der Waals surface area contributed by atoms with Crippen LogP contribution in [-0.2, 0) is 25.3 Å². The van der Waals surface area contributed by atoms with Gasteiger partial charge in [0.05, 0.1) is 12.7 Å². The van der Waals surface area contributed by atoms with E-state index < -0.39 is 42.3 Å². The Morgan fingerprint density at radius 2 is 1.84 bits per heavy atom. The summed E-state index contributed by atoms with van der Waals surface area (Å²) < 4.78 is 50.4. The van der Waals surface area contributed by atoms with Crippen LogP contribution < -0.4 is 5.32 Å². The molecule has 248 valence electrons. The van der Waals surface area contributed by atoms with Gasteiger partial charge in [0.15, 0.2) is 16.6 Å². The van der Waals surface area contributed by atoms with E-state index in [1.165, 1.54) is 30.0 Å². The molecular weight excluding hydrogens is 619 g/mol. The molecule has 3 N–H and O–H groups in total. The fourth-order valence-corrected chi connectivity index (χ4v) is 10.9. The number of nitrogens with one attached hydrogen (secondary N) is 1. The van der Waals surface area contributed by atoms with Gasteiger partial charge < -0.3 is 19.8 Å². The third-order valence-corrected chi connectivity index (χ3v) is 13.6. The number of thioether (sulfide) groups is 1. The van der Waals surface area contributed by atoms with Crippen molar-refractivity contribution in [1.29, 1.82) is 0 Å². The minimum Gasteiger partial charge on any atom is -0.390 e. The quantitative estimate of drug-likeness (QED) is 0.159. The molecule has 0 saturated heterocycles. The Morgan fingerprint density at radius 1 is 1.13 bits per heavy atom. The normalized spacial score (nSPS) is 36.8. The third-order valence-electron chi connectivity index (χ3n) is 11.2. The van der Waals surface area contributed by atoms with E-state index in [2.05, 4.69) is 5.32 Å². The first-order valence-corrected chi connectivity index (χ1v) is 18.9. The van der Waals surface area contributed by atoms with Gasteiger partial charge in [-0.2, -0.15) is 0 Å². The molecule has 7 nitrogen and oxygen atoms in total. The second-order valence-electron chi connectivity index (χ2n) is 13.7. The molecule has 45 heavy (non-hydrogen) atoms. The Labute approximate surface area is 269 Å². The van der Waals surface area contributed by atoms with Crippen molar-refractivity contribution in [2.45, 2.75) is 89.8 Å². The molecule has 4 aliphatic rings. The second kappa shape index (κ2) is 13.3. The summed E-state index contributed by atoms with van der Waals surface area (Å²) in [4.78, 5) is 35.6. The van der Waals surface area contributed by atoms with Crippen LogP contribution in [0, 0.1) is 28.6 Å². The lowest BCUT2D eigenvalue weighted by Crippen LogP contribution is -2.68. The number of unbranched alkanes of at least 4 members (excludes halogenated alkanes) is 3. The first-order chi connectivity index (χ1) is 21.2. The number of ketones is 1. The van der Waals surface area contributed by atoms with Crippen LogP contribution in [0.5, 0.6) is 0 Å². The minimum absolute atomic E-state index is 0.0390. The van der Waals surface area contributed by atoms with E-state index >= 15 is 8.78 Å². The van der Waals surface area contributed by atoms with Crippen LogP contribution in [-0.4, -0.2) is 57.8 Å². The third kappa shape index (κ3) is 6.52. The van der Waals surface area contributed by atoms with Crippen molar-refractivity contribution in [1.82, 2.24) is 0 Å². The lowest BCUT2D eigenvalue weighted by Gasteiger charge is -2.62. The zero-order valence-corrected chi connectivity index (χ0v) is 28.1. The molecule has 1 aromatic rings. The zero-order valence-electron chi connectivity index (χ0n) is 26.3. The summed E-state index contributed by atoms with van der Waals surface area (Å²) in [6.45, 7) is 3.63. The number of hydrogen-bond donors (Lipinski definition) is 3. The van der Waals surface area contributed by atoms with E-state index in [9.17, 15) is 24.2 Å². The maximum Gasteiger partial charge on any atom is 0.328 e. The minimum atomic E-state index is -3.69.